The Morgan fingerprint density at radius 2 is 2.09 bits per heavy atom. The summed E-state index contributed by atoms with van der Waals surface area (Å²) >= 11 is 0. The standard InChI is InChI=1S/C20H21FN5O6P/c1-2-8-25(19(28)12-6-4-3-5-7-12)17-15-18(23-10-22-17)26(11-24-15)20-14(21)16(32-33(29)30)13(9-27)31-20/h2-7,10-11,13-14,16,20,27,33H,1,8-9H2,(H,29,30)/t13-,14-,16-,20-/m1/s1. The molecule has 174 valence electrons. The first-order valence-corrected chi connectivity index (χ1v) is 11.2. The van der Waals surface area contributed by atoms with Crippen molar-refractivity contribution >= 4 is 31.1 Å². The van der Waals surface area contributed by atoms with Gasteiger partial charge >= 0.3 is 8.25 Å². The largest absolute Gasteiger partial charge is 0.394 e. The summed E-state index contributed by atoms with van der Waals surface area (Å²) in [6.45, 7) is 3.20. The van der Waals surface area contributed by atoms with Gasteiger partial charge in [-0.1, -0.05) is 24.3 Å². The number of hydrogen-bond acceptors (Lipinski definition) is 8. The van der Waals surface area contributed by atoms with Crippen LogP contribution in [0.4, 0.5) is 10.2 Å². The average molecular weight is 477 g/mol. The fraction of sp³-hybridized carbons (Fsp3) is 0.300. The third-order valence-electron chi connectivity index (χ3n) is 5.13. The molecule has 2 N–H and O–H groups in total. The van der Waals surface area contributed by atoms with E-state index < -0.39 is 39.5 Å². The van der Waals surface area contributed by atoms with E-state index in [9.17, 15) is 14.5 Å². The number of fused-ring (bicyclic) bond motifs is 1. The summed E-state index contributed by atoms with van der Waals surface area (Å²) in [6, 6.07) is 8.59. The Bertz CT molecular complexity index is 1180. The number of amides is 1. The van der Waals surface area contributed by atoms with Crippen LogP contribution in [0.5, 0.6) is 0 Å². The van der Waals surface area contributed by atoms with Crippen LogP contribution >= 0.6 is 8.25 Å². The van der Waals surface area contributed by atoms with Crippen LogP contribution in [0.25, 0.3) is 11.2 Å². The zero-order valence-corrected chi connectivity index (χ0v) is 18.2. The smallest absolute Gasteiger partial charge is 0.317 e. The highest BCUT2D eigenvalue weighted by Gasteiger charge is 2.48. The predicted molar refractivity (Wildman–Crippen MR) is 116 cm³/mol. The molecule has 4 rings (SSSR count). The topological polar surface area (TPSA) is 140 Å². The molecule has 0 radical (unpaired) electrons. The SMILES string of the molecule is C=CCN(C(=O)c1ccccc1)c1ncnc2c1ncn2[C@@H]1O[C@H](CO)[C@@H](O[PH](=O)O)[C@H]1F. The quantitative estimate of drug-likeness (QED) is 0.366. The highest BCUT2D eigenvalue weighted by atomic mass is 31.1. The fourth-order valence-electron chi connectivity index (χ4n) is 3.68. The van der Waals surface area contributed by atoms with E-state index in [4.69, 9.17) is 14.2 Å². The van der Waals surface area contributed by atoms with Crippen molar-refractivity contribution in [3.8, 4) is 0 Å². The molecule has 0 aliphatic carbocycles. The number of hydrogen-bond donors (Lipinski definition) is 2. The summed E-state index contributed by atoms with van der Waals surface area (Å²) in [7, 11) is -3.47. The van der Waals surface area contributed by atoms with Crippen molar-refractivity contribution in [3.63, 3.8) is 0 Å². The van der Waals surface area contributed by atoms with Crippen LogP contribution in [0, 0.1) is 0 Å². The highest BCUT2D eigenvalue weighted by molar-refractivity contribution is 7.32. The van der Waals surface area contributed by atoms with Crippen LogP contribution in [-0.4, -0.2) is 67.0 Å². The molecule has 0 bridgehead atoms. The first kappa shape index (κ1) is 23.1. The number of benzene rings is 1. The Labute approximate surface area is 188 Å². The lowest BCUT2D eigenvalue weighted by molar-refractivity contribution is -0.0436. The number of halogens is 1. The van der Waals surface area contributed by atoms with Crippen molar-refractivity contribution in [2.75, 3.05) is 18.1 Å². The average Bonchev–Trinajstić information content (AvgIpc) is 3.38. The number of anilines is 1. The number of rotatable bonds is 8. The Morgan fingerprint density at radius 1 is 1.33 bits per heavy atom. The molecule has 1 fully saturated rings. The second-order valence-corrected chi connectivity index (χ2v) is 7.90. The summed E-state index contributed by atoms with van der Waals surface area (Å²) in [5.74, 6) is -0.153. The number of carbonyl (C=O) groups is 1. The summed E-state index contributed by atoms with van der Waals surface area (Å²) < 4.78 is 37.8. The number of aliphatic hydroxyl groups is 1. The third kappa shape index (κ3) is 4.43. The van der Waals surface area contributed by atoms with Crippen LogP contribution in [0.3, 0.4) is 0 Å². The minimum atomic E-state index is -3.47. The first-order valence-electron chi connectivity index (χ1n) is 9.91. The van der Waals surface area contributed by atoms with E-state index in [1.165, 1.54) is 28.2 Å². The van der Waals surface area contributed by atoms with Crippen LogP contribution in [0.15, 0.2) is 55.6 Å². The van der Waals surface area contributed by atoms with Crippen LogP contribution in [0.1, 0.15) is 16.6 Å². The van der Waals surface area contributed by atoms with Gasteiger partial charge in [-0.2, -0.15) is 0 Å². The summed E-state index contributed by atoms with van der Waals surface area (Å²) in [5.41, 5.74) is 0.801. The molecule has 0 spiro atoms. The van der Waals surface area contributed by atoms with E-state index in [1.807, 2.05) is 0 Å². The molecule has 0 saturated carbocycles. The number of nitrogens with zero attached hydrogens (tertiary/aromatic N) is 5. The van der Waals surface area contributed by atoms with Gasteiger partial charge < -0.3 is 19.3 Å². The van der Waals surface area contributed by atoms with E-state index in [0.717, 1.165) is 0 Å². The van der Waals surface area contributed by atoms with Crippen LogP contribution < -0.4 is 4.90 Å². The van der Waals surface area contributed by atoms with Gasteiger partial charge in [0, 0.05) is 12.1 Å². The molecule has 13 heteroatoms. The Kier molecular flexibility index (Phi) is 6.91. The fourth-order valence-corrected chi connectivity index (χ4v) is 4.19. The summed E-state index contributed by atoms with van der Waals surface area (Å²) in [4.78, 5) is 36.2. The molecule has 1 aliphatic heterocycles. The van der Waals surface area contributed by atoms with Crippen molar-refractivity contribution in [2.45, 2.75) is 24.6 Å². The number of carbonyl (C=O) groups excluding carboxylic acids is 1. The number of alkyl halides is 1. The van der Waals surface area contributed by atoms with Gasteiger partial charge in [-0.15, -0.1) is 6.58 Å². The van der Waals surface area contributed by atoms with Crippen molar-refractivity contribution in [3.05, 3.63) is 61.2 Å². The number of aliphatic hydroxyl groups excluding tert-OH is 1. The monoisotopic (exact) mass is 477 g/mol. The predicted octanol–water partition coefficient (Wildman–Crippen LogP) is 1.65. The molecule has 1 saturated heterocycles. The number of ether oxygens (including phenoxy) is 1. The molecule has 1 unspecified atom stereocenters. The molecule has 11 nitrogen and oxygen atoms in total. The lowest BCUT2D eigenvalue weighted by Crippen LogP contribution is -2.32. The van der Waals surface area contributed by atoms with E-state index in [-0.39, 0.29) is 29.4 Å². The molecule has 1 amide bonds. The van der Waals surface area contributed by atoms with Crippen molar-refractivity contribution < 1.29 is 33.0 Å². The molecule has 1 aromatic carbocycles. The minimum Gasteiger partial charge on any atom is -0.394 e. The van der Waals surface area contributed by atoms with Crippen LogP contribution in [-0.2, 0) is 13.8 Å². The zero-order chi connectivity index (χ0) is 23.5. The van der Waals surface area contributed by atoms with Gasteiger partial charge in [0.15, 0.2) is 29.4 Å². The highest BCUT2D eigenvalue weighted by Crippen LogP contribution is 2.39. The lowest BCUT2D eigenvalue weighted by atomic mass is 10.1. The van der Waals surface area contributed by atoms with Crippen molar-refractivity contribution in [2.24, 2.45) is 0 Å². The maximum atomic E-state index is 15.1. The van der Waals surface area contributed by atoms with Crippen LogP contribution in [0.2, 0.25) is 0 Å². The molecular weight excluding hydrogens is 456 g/mol. The van der Waals surface area contributed by atoms with E-state index >= 15 is 4.39 Å². The Balaban J connectivity index is 1.73. The maximum absolute atomic E-state index is 15.1. The van der Waals surface area contributed by atoms with Gasteiger partial charge in [0.05, 0.1) is 12.9 Å². The number of imidazole rings is 1. The maximum Gasteiger partial charge on any atom is 0.317 e. The normalized spacial score (nSPS) is 23.5. The first-order chi connectivity index (χ1) is 16.0. The minimum absolute atomic E-state index is 0.131. The van der Waals surface area contributed by atoms with Gasteiger partial charge in [0.25, 0.3) is 5.91 Å². The molecule has 1 aliphatic rings. The van der Waals surface area contributed by atoms with Gasteiger partial charge in [0.1, 0.15) is 18.5 Å². The molecular formula is C20H21FN5O6P. The Hall–Kier alpha value is -3.02. The second-order valence-electron chi connectivity index (χ2n) is 7.13. The lowest BCUT2D eigenvalue weighted by Gasteiger charge is -2.20. The molecule has 3 aromatic rings. The third-order valence-corrected chi connectivity index (χ3v) is 5.60. The molecule has 33 heavy (non-hydrogen) atoms. The van der Waals surface area contributed by atoms with Gasteiger partial charge in [-0.05, 0) is 12.1 Å². The molecule has 3 heterocycles. The molecule has 5 atom stereocenters. The van der Waals surface area contributed by atoms with E-state index in [1.54, 1.807) is 30.3 Å². The van der Waals surface area contributed by atoms with Gasteiger partial charge in [-0.3, -0.25) is 18.8 Å². The van der Waals surface area contributed by atoms with Gasteiger partial charge in [0.2, 0.25) is 0 Å². The van der Waals surface area contributed by atoms with Crippen molar-refractivity contribution in [1.29, 1.82) is 0 Å². The summed E-state index contributed by atoms with van der Waals surface area (Å²) in [6.07, 6.45) is -1.84. The Morgan fingerprint density at radius 3 is 2.76 bits per heavy atom. The van der Waals surface area contributed by atoms with E-state index in [2.05, 4.69) is 21.5 Å². The second kappa shape index (κ2) is 9.86. The number of aromatic nitrogens is 4. The zero-order valence-electron chi connectivity index (χ0n) is 17.2. The van der Waals surface area contributed by atoms with Gasteiger partial charge in [-0.25, -0.2) is 19.3 Å². The molecule has 2 aromatic heterocycles. The van der Waals surface area contributed by atoms with E-state index in [0.29, 0.717) is 5.56 Å². The summed E-state index contributed by atoms with van der Waals surface area (Å²) in [5, 5.41) is 9.49. The van der Waals surface area contributed by atoms with Crippen molar-refractivity contribution in [1.82, 2.24) is 19.5 Å².